The molecule has 0 aliphatic heterocycles. The second-order valence-electron chi connectivity index (χ2n) is 4.60. The maximum atomic E-state index is 13.3. The highest BCUT2D eigenvalue weighted by atomic mass is 35.5. The molecule has 0 spiro atoms. The molecule has 0 saturated heterocycles. The number of hydrogen-bond donors (Lipinski definition) is 1. The van der Waals surface area contributed by atoms with E-state index >= 15 is 0 Å². The number of aryl methyl sites for hydroxylation is 1. The second-order valence-corrected chi connectivity index (χ2v) is 5.01. The van der Waals surface area contributed by atoms with E-state index in [1.54, 1.807) is 13.0 Å². The number of carbonyl (C=O) groups excluding carboxylic acids is 2. The molecular weight excluding hydrogens is 309 g/mol. The monoisotopic (exact) mass is 321 g/mol. The third-order valence-corrected chi connectivity index (χ3v) is 3.40. The largest absolute Gasteiger partial charge is 0.465 e. The van der Waals surface area contributed by atoms with Crippen LogP contribution in [0, 0.1) is 12.7 Å². The van der Waals surface area contributed by atoms with E-state index < -0.39 is 17.7 Å². The van der Waals surface area contributed by atoms with Crippen molar-refractivity contribution in [3.8, 4) is 0 Å². The van der Waals surface area contributed by atoms with Gasteiger partial charge in [-0.25, -0.2) is 9.18 Å². The normalized spacial score (nSPS) is 10.2. The van der Waals surface area contributed by atoms with Crippen molar-refractivity contribution in [3.05, 3.63) is 63.9 Å². The van der Waals surface area contributed by atoms with Crippen LogP contribution in [0.15, 0.2) is 36.4 Å². The Morgan fingerprint density at radius 3 is 2.55 bits per heavy atom. The zero-order valence-corrected chi connectivity index (χ0v) is 12.7. The summed E-state index contributed by atoms with van der Waals surface area (Å²) in [7, 11) is 1.24. The van der Waals surface area contributed by atoms with Crippen molar-refractivity contribution in [1.82, 2.24) is 0 Å². The number of amides is 1. The third-order valence-electron chi connectivity index (χ3n) is 3.07. The summed E-state index contributed by atoms with van der Waals surface area (Å²) in [6, 6.07) is 8.38. The summed E-state index contributed by atoms with van der Waals surface area (Å²) in [4.78, 5) is 23.8. The van der Waals surface area contributed by atoms with Gasteiger partial charge in [0.1, 0.15) is 5.82 Å². The van der Waals surface area contributed by atoms with Crippen LogP contribution >= 0.6 is 11.6 Å². The summed E-state index contributed by atoms with van der Waals surface area (Å²) >= 11 is 5.91. The Morgan fingerprint density at radius 1 is 1.14 bits per heavy atom. The molecule has 0 heterocycles. The van der Waals surface area contributed by atoms with Crippen molar-refractivity contribution in [1.29, 1.82) is 0 Å². The predicted octanol–water partition coefficient (Wildman–Crippen LogP) is 3.83. The third kappa shape index (κ3) is 3.43. The van der Waals surface area contributed by atoms with Crippen molar-refractivity contribution < 1.29 is 18.7 Å². The summed E-state index contributed by atoms with van der Waals surface area (Å²) in [5, 5.41) is 2.82. The van der Waals surface area contributed by atoms with Gasteiger partial charge in [-0.2, -0.15) is 0 Å². The van der Waals surface area contributed by atoms with Crippen molar-refractivity contribution in [2.45, 2.75) is 6.92 Å². The van der Waals surface area contributed by atoms with Gasteiger partial charge in [0, 0.05) is 11.3 Å². The number of ether oxygens (including phenoxy) is 1. The molecule has 114 valence electrons. The van der Waals surface area contributed by atoms with Gasteiger partial charge in [0.25, 0.3) is 5.91 Å². The molecule has 0 aromatic heterocycles. The van der Waals surface area contributed by atoms with Gasteiger partial charge in [0.05, 0.1) is 17.7 Å². The molecule has 4 nitrogen and oxygen atoms in total. The molecule has 2 rings (SSSR count). The number of rotatable bonds is 3. The molecule has 0 unspecified atom stereocenters. The van der Waals surface area contributed by atoms with Crippen LogP contribution in [-0.4, -0.2) is 19.0 Å². The van der Waals surface area contributed by atoms with Gasteiger partial charge < -0.3 is 10.1 Å². The van der Waals surface area contributed by atoms with Gasteiger partial charge in [-0.3, -0.25) is 4.79 Å². The first-order valence-corrected chi connectivity index (χ1v) is 6.75. The fourth-order valence-electron chi connectivity index (χ4n) is 1.91. The van der Waals surface area contributed by atoms with Crippen molar-refractivity contribution in [2.24, 2.45) is 0 Å². The summed E-state index contributed by atoms with van der Waals surface area (Å²) in [5.74, 6) is -1.58. The van der Waals surface area contributed by atoms with E-state index in [1.165, 1.54) is 31.4 Å². The maximum Gasteiger partial charge on any atom is 0.339 e. The number of esters is 1. The quantitative estimate of drug-likeness (QED) is 0.874. The molecule has 0 fully saturated rings. The lowest BCUT2D eigenvalue weighted by Crippen LogP contribution is -2.14. The molecule has 0 bridgehead atoms. The number of carbonyl (C=O) groups is 2. The summed E-state index contributed by atoms with van der Waals surface area (Å²) < 4.78 is 17.9. The Balaban J connectivity index is 2.29. The van der Waals surface area contributed by atoms with E-state index in [4.69, 9.17) is 11.6 Å². The smallest absolute Gasteiger partial charge is 0.339 e. The van der Waals surface area contributed by atoms with Crippen LogP contribution in [0.3, 0.4) is 0 Å². The van der Waals surface area contributed by atoms with Crippen molar-refractivity contribution in [2.75, 3.05) is 12.4 Å². The first-order chi connectivity index (χ1) is 10.4. The summed E-state index contributed by atoms with van der Waals surface area (Å²) in [5.41, 5.74) is 1.35. The Labute approximate surface area is 131 Å². The number of methoxy groups -OCH3 is 1. The molecule has 0 aliphatic carbocycles. The van der Waals surface area contributed by atoms with E-state index in [-0.39, 0.29) is 16.1 Å². The Morgan fingerprint density at radius 2 is 1.86 bits per heavy atom. The van der Waals surface area contributed by atoms with E-state index in [0.717, 1.165) is 6.07 Å². The molecule has 1 N–H and O–H groups in total. The maximum absolute atomic E-state index is 13.3. The second kappa shape index (κ2) is 6.58. The molecule has 2 aromatic carbocycles. The lowest BCUT2D eigenvalue weighted by atomic mass is 10.1. The van der Waals surface area contributed by atoms with Crippen LogP contribution in [-0.2, 0) is 4.74 Å². The average Bonchev–Trinajstić information content (AvgIpc) is 2.50. The predicted molar refractivity (Wildman–Crippen MR) is 81.9 cm³/mol. The van der Waals surface area contributed by atoms with Gasteiger partial charge in [-0.15, -0.1) is 0 Å². The molecule has 0 atom stereocenters. The van der Waals surface area contributed by atoms with E-state index in [0.29, 0.717) is 11.3 Å². The molecule has 0 radical (unpaired) electrons. The topological polar surface area (TPSA) is 55.4 Å². The molecule has 0 saturated carbocycles. The lowest BCUT2D eigenvalue weighted by molar-refractivity contribution is 0.0600. The van der Waals surface area contributed by atoms with Crippen LogP contribution < -0.4 is 5.32 Å². The SMILES string of the molecule is COC(=O)c1cc(NC(=O)c2cc(F)ccc2C)ccc1Cl. The molecule has 6 heteroatoms. The van der Waals surface area contributed by atoms with Gasteiger partial charge in [0.15, 0.2) is 0 Å². The highest BCUT2D eigenvalue weighted by Crippen LogP contribution is 2.22. The Kier molecular flexibility index (Phi) is 4.78. The first-order valence-electron chi connectivity index (χ1n) is 6.37. The van der Waals surface area contributed by atoms with Crippen LogP contribution in [0.25, 0.3) is 0 Å². The van der Waals surface area contributed by atoms with Crippen LogP contribution in [0.4, 0.5) is 10.1 Å². The highest BCUT2D eigenvalue weighted by Gasteiger charge is 2.14. The average molecular weight is 322 g/mol. The van der Waals surface area contributed by atoms with Crippen LogP contribution in [0.2, 0.25) is 5.02 Å². The standard InChI is InChI=1S/C16H13ClFNO3/c1-9-3-4-10(18)7-12(9)15(20)19-11-5-6-14(17)13(8-11)16(21)22-2/h3-8H,1-2H3,(H,19,20). The molecule has 2 aromatic rings. The summed E-state index contributed by atoms with van der Waals surface area (Å²) in [6.45, 7) is 1.70. The number of halogens is 2. The summed E-state index contributed by atoms with van der Waals surface area (Å²) in [6.07, 6.45) is 0. The molecule has 1 amide bonds. The molecular formula is C16H13ClFNO3. The number of nitrogens with one attached hydrogen (secondary N) is 1. The highest BCUT2D eigenvalue weighted by molar-refractivity contribution is 6.33. The lowest BCUT2D eigenvalue weighted by Gasteiger charge is -2.10. The van der Waals surface area contributed by atoms with Crippen LogP contribution in [0.5, 0.6) is 0 Å². The fraction of sp³-hybridized carbons (Fsp3) is 0.125. The Bertz CT molecular complexity index is 746. The van der Waals surface area contributed by atoms with Gasteiger partial charge in [-0.1, -0.05) is 17.7 Å². The minimum atomic E-state index is -0.608. The van der Waals surface area contributed by atoms with Crippen molar-refractivity contribution in [3.63, 3.8) is 0 Å². The fourth-order valence-corrected chi connectivity index (χ4v) is 2.10. The van der Waals surface area contributed by atoms with Crippen molar-refractivity contribution >= 4 is 29.2 Å². The zero-order valence-electron chi connectivity index (χ0n) is 11.9. The first kappa shape index (κ1) is 16.0. The number of benzene rings is 2. The van der Waals surface area contributed by atoms with Gasteiger partial charge in [0.2, 0.25) is 0 Å². The molecule has 22 heavy (non-hydrogen) atoms. The van der Waals surface area contributed by atoms with E-state index in [9.17, 15) is 14.0 Å². The number of hydrogen-bond acceptors (Lipinski definition) is 3. The Hall–Kier alpha value is -2.40. The minimum Gasteiger partial charge on any atom is -0.465 e. The minimum absolute atomic E-state index is 0.137. The van der Waals surface area contributed by atoms with E-state index in [2.05, 4.69) is 10.1 Å². The number of anilines is 1. The zero-order chi connectivity index (χ0) is 16.3. The van der Waals surface area contributed by atoms with E-state index in [1.807, 2.05) is 0 Å². The van der Waals surface area contributed by atoms with Gasteiger partial charge in [-0.05, 0) is 42.8 Å². The van der Waals surface area contributed by atoms with Gasteiger partial charge >= 0.3 is 5.97 Å². The van der Waals surface area contributed by atoms with Crippen LogP contribution in [0.1, 0.15) is 26.3 Å². The molecule has 0 aliphatic rings.